The maximum atomic E-state index is 7.61. The normalized spacial score (nSPS) is 5.00. The van der Waals surface area contributed by atoms with Crippen LogP contribution in [0.1, 0.15) is 0 Å². The van der Waals surface area contributed by atoms with Gasteiger partial charge < -0.3 is 0 Å². The zero-order chi connectivity index (χ0) is 3.41. The average Bonchev–Trinajstić information content (AvgIpc) is 1.37. The monoisotopic (exact) mass is 178 g/mol. The molecule has 19 valence electrons. The van der Waals surface area contributed by atoms with Crippen LogP contribution in [-0.2, 0) is 0 Å². The minimum absolute atomic E-state index is 1.22. The second-order valence-corrected chi connectivity index (χ2v) is 2.33. The number of hydrogen-bond donors (Lipinski definition) is 0. The van der Waals surface area contributed by atoms with Crippen LogP contribution in [-0.4, -0.2) is 21.1 Å². The molecule has 0 spiro atoms. The van der Waals surface area contributed by atoms with E-state index < -0.39 is 0 Å². The molecular formula is CNSSn. The number of nitriles is 1. The van der Waals surface area contributed by atoms with E-state index in [1.807, 2.05) is 5.40 Å². The van der Waals surface area contributed by atoms with Crippen molar-refractivity contribution >= 4 is 30.1 Å². The number of rotatable bonds is 0. The van der Waals surface area contributed by atoms with Crippen molar-refractivity contribution in [2.75, 3.05) is 0 Å². The van der Waals surface area contributed by atoms with Crippen molar-refractivity contribution in [2.45, 2.75) is 0 Å². The molecule has 0 rings (SSSR count). The van der Waals surface area contributed by atoms with Crippen LogP contribution in [0.3, 0.4) is 0 Å². The second-order valence-electron chi connectivity index (χ2n) is 0.193. The molecule has 0 fully saturated rings. The molecule has 0 unspecified atom stereocenters. The second kappa shape index (κ2) is 3.64. The van der Waals surface area contributed by atoms with E-state index >= 15 is 0 Å². The number of thiocyanates is 1. The van der Waals surface area contributed by atoms with Crippen LogP contribution in [0.4, 0.5) is 0 Å². The van der Waals surface area contributed by atoms with Crippen LogP contribution < -0.4 is 0 Å². The third kappa shape index (κ3) is 2.64. The minimum atomic E-state index is 1.22. The van der Waals surface area contributed by atoms with Gasteiger partial charge in [-0.1, -0.05) is 0 Å². The van der Waals surface area contributed by atoms with Crippen molar-refractivity contribution in [1.82, 2.24) is 0 Å². The van der Waals surface area contributed by atoms with Gasteiger partial charge in [0.25, 0.3) is 0 Å². The van der Waals surface area contributed by atoms with Gasteiger partial charge in [0.15, 0.2) is 0 Å². The Morgan fingerprint density at radius 3 is 2.25 bits per heavy atom. The van der Waals surface area contributed by atoms with Crippen molar-refractivity contribution in [3.8, 4) is 5.40 Å². The molecule has 1 nitrogen and oxygen atoms in total. The zero-order valence-electron chi connectivity index (χ0n) is 1.86. The van der Waals surface area contributed by atoms with Crippen LogP contribution >= 0.6 is 8.95 Å². The first-order valence-electron chi connectivity index (χ1n) is 0.632. The first-order valence-corrected chi connectivity index (χ1v) is 4.94. The van der Waals surface area contributed by atoms with E-state index in [9.17, 15) is 0 Å². The topological polar surface area (TPSA) is 23.8 Å². The van der Waals surface area contributed by atoms with Crippen LogP contribution in [0.2, 0.25) is 0 Å². The van der Waals surface area contributed by atoms with Crippen LogP contribution in [0.25, 0.3) is 0 Å². The average molecular weight is 177 g/mol. The van der Waals surface area contributed by atoms with Gasteiger partial charge in [0.1, 0.15) is 0 Å². The molecule has 3 radical (unpaired) electrons. The Hall–Kier alpha value is 0.639. The molecule has 0 aromatic rings. The van der Waals surface area contributed by atoms with E-state index in [2.05, 4.69) is 0 Å². The first-order chi connectivity index (χ1) is 1.91. The van der Waals surface area contributed by atoms with Gasteiger partial charge in [-0.15, -0.1) is 0 Å². The summed E-state index contributed by atoms with van der Waals surface area (Å²) in [5.74, 6) is 0. The molecule has 0 saturated heterocycles. The van der Waals surface area contributed by atoms with Crippen LogP contribution in [0.5, 0.6) is 0 Å². The van der Waals surface area contributed by atoms with Gasteiger partial charge in [0, 0.05) is 0 Å². The summed E-state index contributed by atoms with van der Waals surface area (Å²) in [6.45, 7) is 0. The van der Waals surface area contributed by atoms with Gasteiger partial charge in [0.2, 0.25) is 0 Å². The van der Waals surface area contributed by atoms with E-state index in [1.165, 1.54) is 30.1 Å². The van der Waals surface area contributed by atoms with E-state index in [-0.39, 0.29) is 0 Å². The fraction of sp³-hybridized carbons (Fsp3) is 0. The Labute approximate surface area is 40.9 Å². The van der Waals surface area contributed by atoms with Crippen molar-refractivity contribution in [3.63, 3.8) is 0 Å². The quantitative estimate of drug-likeness (QED) is 0.391. The Bertz CT molecular complexity index is 37.8. The first kappa shape index (κ1) is 4.64. The van der Waals surface area contributed by atoms with Gasteiger partial charge in [-0.3, -0.25) is 0 Å². The van der Waals surface area contributed by atoms with Gasteiger partial charge >= 0.3 is 40.8 Å². The maximum absolute atomic E-state index is 7.61. The summed E-state index contributed by atoms with van der Waals surface area (Å²) >= 11 is 1.22. The molecule has 0 aliphatic carbocycles. The molecule has 3 heteroatoms. The van der Waals surface area contributed by atoms with E-state index in [0.29, 0.717) is 0 Å². The van der Waals surface area contributed by atoms with Gasteiger partial charge in [-0.2, -0.15) is 0 Å². The summed E-state index contributed by atoms with van der Waals surface area (Å²) < 4.78 is 0. The third-order valence-corrected chi connectivity index (χ3v) is 0.919. The molecule has 0 aliphatic rings. The van der Waals surface area contributed by atoms with E-state index in [1.54, 1.807) is 0 Å². The molecule has 4 heavy (non-hydrogen) atoms. The van der Waals surface area contributed by atoms with Crippen molar-refractivity contribution in [3.05, 3.63) is 0 Å². The van der Waals surface area contributed by atoms with Gasteiger partial charge in [-0.05, 0) is 0 Å². The fourth-order valence-corrected chi connectivity index (χ4v) is 0. The summed E-state index contributed by atoms with van der Waals surface area (Å²) in [6, 6.07) is 0. The molecule has 0 N–H and O–H groups in total. The van der Waals surface area contributed by atoms with E-state index in [4.69, 9.17) is 5.26 Å². The molecule has 0 aromatic heterocycles. The Morgan fingerprint density at radius 1 is 2.00 bits per heavy atom. The van der Waals surface area contributed by atoms with Crippen LogP contribution in [0, 0.1) is 10.7 Å². The molecule has 0 saturated carbocycles. The Balaban J connectivity index is 2.43. The molecule has 0 heterocycles. The predicted octanol–water partition coefficient (Wildman–Crippen LogP) is 0.284. The zero-order valence-corrected chi connectivity index (χ0v) is 5.53. The Morgan fingerprint density at radius 2 is 2.25 bits per heavy atom. The molecule has 0 bridgehead atoms. The summed E-state index contributed by atoms with van der Waals surface area (Å²) in [5.41, 5.74) is 0. The molecule has 0 amide bonds. The molecular weight excluding hydrogens is 177 g/mol. The molecule has 0 aromatic carbocycles. The molecule has 0 atom stereocenters. The fourth-order valence-electron chi connectivity index (χ4n) is 0. The van der Waals surface area contributed by atoms with Gasteiger partial charge in [-0.25, -0.2) is 0 Å². The van der Waals surface area contributed by atoms with E-state index in [0.717, 1.165) is 0 Å². The van der Waals surface area contributed by atoms with Crippen LogP contribution in [0.15, 0.2) is 0 Å². The van der Waals surface area contributed by atoms with Crippen molar-refractivity contribution < 1.29 is 0 Å². The summed E-state index contributed by atoms with van der Waals surface area (Å²) in [6.07, 6.45) is 0. The SMILES string of the molecule is N#C[S][Sn]. The van der Waals surface area contributed by atoms with Crippen molar-refractivity contribution in [2.24, 2.45) is 0 Å². The van der Waals surface area contributed by atoms with Crippen molar-refractivity contribution in [1.29, 1.82) is 5.26 Å². The Kier molecular flexibility index (Phi) is 4.22. The number of hydrogen-bond acceptors (Lipinski definition) is 2. The summed E-state index contributed by atoms with van der Waals surface area (Å²) in [7, 11) is 1.25. The standard InChI is InChI=1S/CHNS.Sn/c2-1-3;/h3H;/q;+1/p-1. The van der Waals surface area contributed by atoms with Gasteiger partial charge in [0.05, 0.1) is 0 Å². The molecule has 0 aliphatic heterocycles. The summed E-state index contributed by atoms with van der Waals surface area (Å²) in [4.78, 5) is 0. The summed E-state index contributed by atoms with van der Waals surface area (Å²) in [5, 5.41) is 9.50. The number of nitrogens with zero attached hydrogens (tertiary/aromatic N) is 1. The predicted molar refractivity (Wildman–Crippen MR) is 19.0 cm³/mol. The third-order valence-electron chi connectivity index (χ3n) is 0.0456.